The van der Waals surface area contributed by atoms with Gasteiger partial charge in [0.15, 0.2) is 0 Å². The Morgan fingerprint density at radius 1 is 0.704 bits per heavy atom. The van der Waals surface area contributed by atoms with E-state index in [1.54, 1.807) is 48.5 Å². The van der Waals surface area contributed by atoms with Crippen molar-refractivity contribution in [3.8, 4) is 11.5 Å². The number of benzene rings is 2. The van der Waals surface area contributed by atoms with E-state index in [1.165, 1.54) is 24.6 Å². The van der Waals surface area contributed by atoms with Gasteiger partial charge in [0.05, 0.1) is 35.2 Å². The summed E-state index contributed by atoms with van der Waals surface area (Å²) < 4.78 is 0. The summed E-state index contributed by atoms with van der Waals surface area (Å²) in [7, 11) is 0. The zero-order chi connectivity index (χ0) is 19.5. The van der Waals surface area contributed by atoms with Gasteiger partial charge in [-0.15, -0.1) is 0 Å². The first kappa shape index (κ1) is 20.6. The van der Waals surface area contributed by atoms with E-state index >= 15 is 0 Å². The van der Waals surface area contributed by atoms with Crippen LogP contribution in [-0.2, 0) is 0 Å². The first-order valence-corrected chi connectivity index (χ1v) is 14.0. The number of aliphatic imine (C=N–C) groups is 2. The van der Waals surface area contributed by atoms with Gasteiger partial charge in [-0.25, -0.2) is 4.98 Å². The normalized spacial score (nSPS) is 10.4. The van der Waals surface area contributed by atoms with Gasteiger partial charge in [0.25, 0.3) is 0 Å². The molecule has 0 atom stereocenters. The number of pyridine rings is 1. The predicted molar refractivity (Wildman–Crippen MR) is 108 cm³/mol. The molecule has 0 aliphatic carbocycles. The largest absolute Gasteiger partial charge is 0.871 e. The van der Waals surface area contributed by atoms with E-state index in [2.05, 4.69) is 24.8 Å². The third kappa shape index (κ3) is 6.86. The van der Waals surface area contributed by atoms with Crippen LogP contribution in [0.3, 0.4) is 0 Å². The van der Waals surface area contributed by atoms with Crippen molar-refractivity contribution in [1.82, 2.24) is 4.98 Å². The second-order valence-electron chi connectivity index (χ2n) is 5.44. The maximum absolute atomic E-state index is 11.6. The Morgan fingerprint density at radius 3 is 1.52 bits per heavy atom. The van der Waals surface area contributed by atoms with Crippen LogP contribution >= 0.6 is 0 Å². The first-order valence-electron chi connectivity index (χ1n) is 8.30. The molecule has 1 aromatic heterocycles. The van der Waals surface area contributed by atoms with Crippen LogP contribution in [0.4, 0.5) is 11.4 Å². The summed E-state index contributed by atoms with van der Waals surface area (Å²) in [6.07, 6.45) is 3.05. The Balaban J connectivity index is 0.000000817. The third-order valence-corrected chi connectivity index (χ3v) is 3.19. The Hall–Kier alpha value is -2.67. The second-order valence-corrected chi connectivity index (χ2v) is 8.29. The fourth-order valence-corrected chi connectivity index (χ4v) is 2.01. The van der Waals surface area contributed by atoms with Crippen LogP contribution in [0.15, 0.2) is 76.7 Å². The maximum Gasteiger partial charge on any atom is 0.0820 e. The van der Waals surface area contributed by atoms with Crippen molar-refractivity contribution in [3.05, 3.63) is 78.1 Å². The molecule has 3 aromatic rings. The molecule has 0 aliphatic rings. The summed E-state index contributed by atoms with van der Waals surface area (Å²) in [5, 5.41) is 23.2. The van der Waals surface area contributed by atoms with E-state index in [9.17, 15) is 10.2 Å². The van der Waals surface area contributed by atoms with Crippen LogP contribution in [0.2, 0.25) is 9.88 Å². The van der Waals surface area contributed by atoms with Gasteiger partial charge in [-0.2, -0.15) is 0 Å². The molecular formula is C21H19N3O2Sn. The molecule has 0 unspecified atom stereocenters. The monoisotopic (exact) mass is 465 g/mol. The van der Waals surface area contributed by atoms with Gasteiger partial charge in [-0.3, -0.25) is 9.98 Å². The van der Waals surface area contributed by atoms with Gasteiger partial charge in [0.1, 0.15) is 0 Å². The molecule has 5 nitrogen and oxygen atoms in total. The molecule has 0 fully saturated rings. The molecule has 3 rings (SSSR count). The smallest absolute Gasteiger partial charge is 0.0820 e. The zero-order valence-electron chi connectivity index (χ0n) is 15.2. The molecule has 134 valence electrons. The molecule has 1 heterocycles. The fourth-order valence-electron chi connectivity index (χ4n) is 2.01. The molecule has 0 amide bonds. The van der Waals surface area contributed by atoms with E-state index in [0.717, 1.165) is 0 Å². The van der Waals surface area contributed by atoms with E-state index < -0.39 is 0 Å². The van der Waals surface area contributed by atoms with Crippen LogP contribution in [0.1, 0.15) is 11.4 Å². The van der Waals surface area contributed by atoms with Gasteiger partial charge in [0, 0.05) is 0 Å². The van der Waals surface area contributed by atoms with Gasteiger partial charge >= 0.3 is 31.0 Å². The van der Waals surface area contributed by atoms with Crippen molar-refractivity contribution in [2.75, 3.05) is 0 Å². The van der Waals surface area contributed by atoms with Gasteiger partial charge < -0.3 is 10.2 Å². The van der Waals surface area contributed by atoms with Crippen molar-refractivity contribution in [3.63, 3.8) is 0 Å². The number of hydrogen-bond acceptors (Lipinski definition) is 5. The quantitative estimate of drug-likeness (QED) is 0.438. The van der Waals surface area contributed by atoms with Crippen LogP contribution in [0.5, 0.6) is 11.5 Å². The van der Waals surface area contributed by atoms with Gasteiger partial charge in [0.2, 0.25) is 0 Å². The van der Waals surface area contributed by atoms with Crippen LogP contribution in [0, 0.1) is 0 Å². The number of aromatic nitrogens is 1. The van der Waals surface area contributed by atoms with Gasteiger partial charge in [-0.1, -0.05) is 54.0 Å². The average molecular weight is 464 g/mol. The molecule has 0 radical (unpaired) electrons. The molecule has 27 heavy (non-hydrogen) atoms. The Morgan fingerprint density at radius 2 is 1.11 bits per heavy atom. The Labute approximate surface area is 169 Å². The van der Waals surface area contributed by atoms with Crippen LogP contribution in [-0.4, -0.2) is 38.6 Å². The minimum Gasteiger partial charge on any atom is -0.871 e. The summed E-state index contributed by atoms with van der Waals surface area (Å²) in [5.74, 6) is -0.281. The molecule has 0 N–H and O–H groups in total. The topological polar surface area (TPSA) is 83.7 Å². The molecule has 0 spiro atoms. The summed E-state index contributed by atoms with van der Waals surface area (Å²) in [6, 6.07) is 18.4. The third-order valence-electron chi connectivity index (χ3n) is 3.19. The van der Waals surface area contributed by atoms with E-state index in [1.807, 2.05) is 6.07 Å². The summed E-state index contributed by atoms with van der Waals surface area (Å²) in [6.45, 7) is 0. The molecule has 0 saturated carbocycles. The number of nitrogens with zero attached hydrogens (tertiary/aromatic N) is 3. The molecule has 2 aromatic carbocycles. The SMILES string of the molecule is [CH3][Sn+2][CH3].[O-]c1ccccc1N=Cc1cccc(C=Nc2ccccc2[O-])n1. The zero-order valence-corrected chi connectivity index (χ0v) is 18.0. The standard InChI is InChI=1S/C19H15N3O2.2CH3.Sn/c23-18-10-3-1-8-16(18)20-12-14-6-5-7-15(22-14)13-21-17-9-2-4-11-19(17)24;;;/h1-13,23-24H;2*1H3;/q;;;+2/p-2. The number of para-hydroxylation sites is 4. The molecular weight excluding hydrogens is 445 g/mol. The van der Waals surface area contributed by atoms with Crippen molar-refractivity contribution in [2.24, 2.45) is 9.98 Å². The average Bonchev–Trinajstić information content (AvgIpc) is 2.68. The second kappa shape index (κ2) is 11.1. The minimum absolute atomic E-state index is 0.140. The molecule has 0 bridgehead atoms. The number of hydrogen-bond donors (Lipinski definition) is 0. The molecule has 6 heteroatoms. The van der Waals surface area contributed by atoms with Crippen molar-refractivity contribution >= 4 is 44.9 Å². The van der Waals surface area contributed by atoms with E-state index in [-0.39, 0.29) is 32.6 Å². The van der Waals surface area contributed by atoms with Gasteiger partial charge in [-0.05, 0) is 24.3 Å². The fraction of sp³-hybridized carbons (Fsp3) is 0.0952. The summed E-state index contributed by atoms with van der Waals surface area (Å²) in [5.41, 5.74) is 1.91. The summed E-state index contributed by atoms with van der Waals surface area (Å²) in [4.78, 5) is 17.3. The van der Waals surface area contributed by atoms with Crippen LogP contribution in [0.25, 0.3) is 0 Å². The summed E-state index contributed by atoms with van der Waals surface area (Å²) >= 11 is 0.230. The van der Waals surface area contributed by atoms with Crippen molar-refractivity contribution in [2.45, 2.75) is 9.88 Å². The first-order chi connectivity index (χ1) is 13.1. The van der Waals surface area contributed by atoms with E-state index in [4.69, 9.17) is 0 Å². The van der Waals surface area contributed by atoms with Crippen molar-refractivity contribution < 1.29 is 10.2 Å². The maximum atomic E-state index is 11.6. The Bertz CT molecular complexity index is 856. The Kier molecular flexibility index (Phi) is 8.51. The van der Waals surface area contributed by atoms with Crippen LogP contribution < -0.4 is 10.2 Å². The predicted octanol–water partition coefficient (Wildman–Crippen LogP) is 3.52. The molecule has 0 aliphatic heterocycles. The number of rotatable bonds is 4. The minimum atomic E-state index is -0.140. The van der Waals surface area contributed by atoms with Crippen molar-refractivity contribution in [1.29, 1.82) is 0 Å². The molecule has 0 saturated heterocycles. The van der Waals surface area contributed by atoms with E-state index in [0.29, 0.717) is 22.8 Å².